The zero-order valence-corrected chi connectivity index (χ0v) is 50.1. The Labute approximate surface area is 463 Å². The van der Waals surface area contributed by atoms with Crippen LogP contribution in [0.2, 0.25) is 0 Å². The second kappa shape index (κ2) is 62.6. The normalized spacial score (nSPS) is 13.6. The molecule has 0 rings (SSSR count). The van der Waals surface area contributed by atoms with Crippen LogP contribution in [0.15, 0.2) is 24.3 Å². The van der Waals surface area contributed by atoms with E-state index in [2.05, 4.69) is 43.5 Å². The molecule has 6 nitrogen and oxygen atoms in total. The highest BCUT2D eigenvalue weighted by Gasteiger charge is 2.28. The van der Waals surface area contributed by atoms with E-state index in [1.165, 1.54) is 302 Å². The molecule has 0 heterocycles. The minimum absolute atomic E-state index is 0.372. The molecule has 4 unspecified atom stereocenters. The molecule has 1 amide bonds. The van der Waals surface area contributed by atoms with Gasteiger partial charge in [-0.2, -0.15) is 0 Å². The molecule has 0 bridgehead atoms. The van der Waals surface area contributed by atoms with Crippen LogP contribution in [0.5, 0.6) is 0 Å². The van der Waals surface area contributed by atoms with Crippen molar-refractivity contribution < 1.29 is 25.2 Å². The number of carbonyl (C=O) groups is 1. The molecule has 0 aromatic heterocycles. The smallest absolute Gasteiger partial charge is 0.249 e. The molecule has 0 saturated carbocycles. The molecule has 0 radical (unpaired) electrons. The minimum Gasteiger partial charge on any atom is -0.394 e. The third-order valence-electron chi connectivity index (χ3n) is 16.2. The molecule has 0 aliphatic heterocycles. The summed E-state index contributed by atoms with van der Waals surface area (Å²) in [4.78, 5) is 12.7. The van der Waals surface area contributed by atoms with Crippen LogP contribution < -0.4 is 5.32 Å². The first-order valence-corrected chi connectivity index (χ1v) is 33.7. The van der Waals surface area contributed by atoms with E-state index in [1.54, 1.807) is 0 Å². The van der Waals surface area contributed by atoms with Crippen molar-refractivity contribution >= 4 is 5.91 Å². The van der Waals surface area contributed by atoms with E-state index in [0.29, 0.717) is 12.8 Å². The Morgan fingerprint density at radius 2 is 0.581 bits per heavy atom. The van der Waals surface area contributed by atoms with Crippen molar-refractivity contribution in [2.45, 2.75) is 398 Å². The molecule has 0 saturated heterocycles. The highest BCUT2D eigenvalue weighted by atomic mass is 16.3. The van der Waals surface area contributed by atoms with Gasteiger partial charge in [0.15, 0.2) is 0 Å². The highest BCUT2D eigenvalue weighted by molar-refractivity contribution is 5.80. The Kier molecular flexibility index (Phi) is 61.6. The second-order valence-electron chi connectivity index (χ2n) is 23.5. The zero-order valence-electron chi connectivity index (χ0n) is 50.1. The summed E-state index contributed by atoms with van der Waals surface area (Å²) in [5.41, 5.74) is 0. The van der Waals surface area contributed by atoms with Crippen molar-refractivity contribution in [2.75, 3.05) is 6.61 Å². The molecule has 0 aliphatic carbocycles. The highest BCUT2D eigenvalue weighted by Crippen LogP contribution is 2.19. The number of allylic oxidation sites excluding steroid dienone is 4. The van der Waals surface area contributed by atoms with E-state index in [-0.39, 0.29) is 0 Å². The molecule has 0 aromatic rings. The van der Waals surface area contributed by atoms with Crippen LogP contribution in [-0.2, 0) is 4.79 Å². The van der Waals surface area contributed by atoms with Crippen molar-refractivity contribution in [3.05, 3.63) is 24.3 Å². The maximum Gasteiger partial charge on any atom is 0.249 e. The van der Waals surface area contributed by atoms with Crippen LogP contribution in [0.3, 0.4) is 0 Å². The first-order valence-electron chi connectivity index (χ1n) is 33.7. The number of aliphatic hydroxyl groups is 4. The fraction of sp³-hybridized carbons (Fsp3) is 0.926. The number of hydrogen-bond acceptors (Lipinski definition) is 5. The van der Waals surface area contributed by atoms with E-state index in [1.807, 2.05) is 0 Å². The maximum absolute atomic E-state index is 12.7. The number of nitrogens with one attached hydrogen (secondary N) is 1. The van der Waals surface area contributed by atoms with Crippen LogP contribution in [0.4, 0.5) is 0 Å². The summed E-state index contributed by atoms with van der Waals surface area (Å²) in [5.74, 6) is -0.577. The third kappa shape index (κ3) is 55.5. The zero-order chi connectivity index (χ0) is 53.7. The number of unbranched alkanes of at least 4 members (excludes halogenated alkanes) is 50. The van der Waals surface area contributed by atoms with Gasteiger partial charge in [-0.25, -0.2) is 0 Å². The number of carbonyl (C=O) groups excluding carboxylic acids is 1. The fourth-order valence-electron chi connectivity index (χ4n) is 10.9. The summed E-state index contributed by atoms with van der Waals surface area (Å²) >= 11 is 0. The van der Waals surface area contributed by atoms with Gasteiger partial charge in [0, 0.05) is 0 Å². The van der Waals surface area contributed by atoms with Gasteiger partial charge in [-0.05, 0) is 44.9 Å². The largest absolute Gasteiger partial charge is 0.394 e. The van der Waals surface area contributed by atoms with Gasteiger partial charge in [-0.3, -0.25) is 4.79 Å². The summed E-state index contributed by atoms with van der Waals surface area (Å²) in [6.45, 7) is 4.11. The molecular formula is C68H133NO5. The SMILES string of the molecule is CCCCCCCCCCCCC/C=C\C/C=C\CCCCCCCCCCCCCCCCCCC(O)C(=O)NC(CO)C(O)C(O)CCCCCCCCCCCCCCCCCCCCCCCCCC. The molecule has 440 valence electrons. The van der Waals surface area contributed by atoms with E-state index in [4.69, 9.17) is 0 Å². The van der Waals surface area contributed by atoms with Crippen molar-refractivity contribution in [1.82, 2.24) is 5.32 Å². The first-order chi connectivity index (χ1) is 36.5. The van der Waals surface area contributed by atoms with Crippen LogP contribution in [-0.4, -0.2) is 57.3 Å². The summed E-state index contributed by atoms with van der Waals surface area (Å²) in [5, 5.41) is 44.2. The van der Waals surface area contributed by atoms with E-state index in [0.717, 1.165) is 44.9 Å². The van der Waals surface area contributed by atoms with Crippen LogP contribution in [0.25, 0.3) is 0 Å². The Bertz CT molecular complexity index is 1130. The number of aliphatic hydroxyl groups excluding tert-OH is 4. The number of amides is 1. The molecule has 74 heavy (non-hydrogen) atoms. The lowest BCUT2D eigenvalue weighted by molar-refractivity contribution is -0.132. The van der Waals surface area contributed by atoms with Gasteiger partial charge in [-0.15, -0.1) is 0 Å². The third-order valence-corrected chi connectivity index (χ3v) is 16.2. The van der Waals surface area contributed by atoms with E-state index < -0.39 is 36.9 Å². The summed E-state index contributed by atoms with van der Waals surface area (Å²) in [6, 6.07) is -0.985. The van der Waals surface area contributed by atoms with Gasteiger partial charge in [0.1, 0.15) is 12.2 Å². The Morgan fingerprint density at radius 3 is 0.851 bits per heavy atom. The molecule has 0 spiro atoms. The predicted molar refractivity (Wildman–Crippen MR) is 325 cm³/mol. The Hall–Kier alpha value is -1.21. The molecule has 5 N–H and O–H groups in total. The summed E-state index contributed by atoms with van der Waals surface area (Å²) in [6.07, 6.45) is 78.6. The van der Waals surface area contributed by atoms with E-state index in [9.17, 15) is 25.2 Å². The Morgan fingerprint density at radius 1 is 0.338 bits per heavy atom. The van der Waals surface area contributed by atoms with Gasteiger partial charge in [-0.1, -0.05) is 353 Å². The molecule has 0 fully saturated rings. The lowest BCUT2D eigenvalue weighted by Gasteiger charge is -2.27. The quantitative estimate of drug-likeness (QED) is 0.0308. The van der Waals surface area contributed by atoms with Gasteiger partial charge in [0.25, 0.3) is 0 Å². The van der Waals surface area contributed by atoms with Crippen molar-refractivity contribution in [1.29, 1.82) is 0 Å². The van der Waals surface area contributed by atoms with Crippen LogP contribution in [0, 0.1) is 0 Å². The first kappa shape index (κ1) is 72.8. The van der Waals surface area contributed by atoms with Crippen molar-refractivity contribution in [3.8, 4) is 0 Å². The van der Waals surface area contributed by atoms with Gasteiger partial charge >= 0.3 is 0 Å². The van der Waals surface area contributed by atoms with Crippen LogP contribution >= 0.6 is 0 Å². The number of rotatable bonds is 63. The molecule has 0 aliphatic rings. The number of hydrogen-bond donors (Lipinski definition) is 5. The van der Waals surface area contributed by atoms with E-state index >= 15 is 0 Å². The standard InChI is InChI=1S/C68H133NO5/c1-3-5-7-9-11-13-15-17-19-21-23-25-27-29-30-31-32-33-34-35-36-37-38-40-42-44-46-48-50-52-54-56-58-60-62-66(72)68(74)69-64(63-70)67(73)65(71)61-59-57-55-53-51-49-47-45-43-41-39-28-26-24-22-20-18-16-14-12-10-8-6-4-2/h27,29,31-32,64-67,70-73H,3-26,28,30,33-63H2,1-2H3,(H,69,74)/b29-27-,32-31-. The molecule has 6 heteroatoms. The maximum atomic E-state index is 12.7. The van der Waals surface area contributed by atoms with Gasteiger partial charge < -0.3 is 25.7 Å². The molecule has 4 atom stereocenters. The average molecular weight is 1040 g/mol. The lowest BCUT2D eigenvalue weighted by atomic mass is 9.99. The summed E-state index contributed by atoms with van der Waals surface area (Å²) in [7, 11) is 0. The lowest BCUT2D eigenvalue weighted by Crippen LogP contribution is -2.53. The molecular weight excluding hydrogens is 911 g/mol. The van der Waals surface area contributed by atoms with Crippen LogP contribution in [0.1, 0.15) is 373 Å². The minimum atomic E-state index is -1.26. The van der Waals surface area contributed by atoms with Crippen molar-refractivity contribution in [2.24, 2.45) is 0 Å². The topological polar surface area (TPSA) is 110 Å². The second-order valence-corrected chi connectivity index (χ2v) is 23.5. The van der Waals surface area contributed by atoms with Gasteiger partial charge in [0.05, 0.1) is 18.8 Å². The van der Waals surface area contributed by atoms with Gasteiger partial charge in [0.2, 0.25) is 5.91 Å². The monoisotopic (exact) mass is 1040 g/mol. The fourth-order valence-corrected chi connectivity index (χ4v) is 10.9. The van der Waals surface area contributed by atoms with Crippen molar-refractivity contribution in [3.63, 3.8) is 0 Å². The Balaban J connectivity index is 3.55. The molecule has 0 aromatic carbocycles. The average Bonchev–Trinajstić information content (AvgIpc) is 3.41. The summed E-state index contributed by atoms with van der Waals surface area (Å²) < 4.78 is 0. The predicted octanol–water partition coefficient (Wildman–Crippen LogP) is 20.5.